The van der Waals surface area contributed by atoms with Crippen molar-refractivity contribution in [1.29, 1.82) is 0 Å². The average Bonchev–Trinajstić information content (AvgIpc) is 3.11. The van der Waals surface area contributed by atoms with E-state index < -0.39 is 0 Å². The highest BCUT2D eigenvalue weighted by Crippen LogP contribution is 2.25. The Morgan fingerprint density at radius 3 is 2.71 bits per heavy atom. The Labute approximate surface area is 171 Å². The summed E-state index contributed by atoms with van der Waals surface area (Å²) in [6.07, 6.45) is 1.39. The van der Waals surface area contributed by atoms with Crippen molar-refractivity contribution in [2.75, 3.05) is 5.75 Å². The van der Waals surface area contributed by atoms with Crippen LogP contribution < -0.4 is 5.43 Å². The number of phenolic OH excluding ortho intramolecular Hbond substituents is 1. The smallest absolute Gasteiger partial charge is 0.250 e. The minimum absolute atomic E-state index is 0.0978. The van der Waals surface area contributed by atoms with Crippen LogP contribution in [0, 0.1) is 0 Å². The van der Waals surface area contributed by atoms with Crippen LogP contribution in [-0.4, -0.2) is 37.7 Å². The van der Waals surface area contributed by atoms with Gasteiger partial charge in [0.1, 0.15) is 5.75 Å². The number of para-hydroxylation sites is 1. The van der Waals surface area contributed by atoms with Crippen LogP contribution in [-0.2, 0) is 11.3 Å². The van der Waals surface area contributed by atoms with E-state index >= 15 is 0 Å². The van der Waals surface area contributed by atoms with E-state index in [-0.39, 0.29) is 17.4 Å². The number of thioether (sulfide) groups is 1. The van der Waals surface area contributed by atoms with Gasteiger partial charge in [-0.15, -0.1) is 10.2 Å². The van der Waals surface area contributed by atoms with Crippen LogP contribution in [0.5, 0.6) is 5.75 Å². The van der Waals surface area contributed by atoms with Crippen LogP contribution >= 0.6 is 23.4 Å². The van der Waals surface area contributed by atoms with E-state index in [2.05, 4.69) is 20.7 Å². The van der Waals surface area contributed by atoms with E-state index in [9.17, 15) is 9.90 Å². The first-order valence-corrected chi connectivity index (χ1v) is 9.86. The van der Waals surface area contributed by atoms with E-state index in [1.54, 1.807) is 36.4 Å². The van der Waals surface area contributed by atoms with Crippen molar-refractivity contribution in [2.24, 2.45) is 5.10 Å². The first kappa shape index (κ1) is 19.9. The van der Waals surface area contributed by atoms with Crippen molar-refractivity contribution in [2.45, 2.75) is 18.6 Å². The van der Waals surface area contributed by atoms with E-state index in [1.165, 1.54) is 18.0 Å². The minimum Gasteiger partial charge on any atom is -0.507 e. The van der Waals surface area contributed by atoms with Crippen LogP contribution in [0.1, 0.15) is 12.5 Å². The summed E-state index contributed by atoms with van der Waals surface area (Å²) in [5.74, 6) is 0.673. The molecule has 9 heteroatoms. The molecule has 1 amide bonds. The monoisotopic (exact) mass is 415 g/mol. The fourth-order valence-corrected chi connectivity index (χ4v) is 3.35. The van der Waals surface area contributed by atoms with Gasteiger partial charge >= 0.3 is 0 Å². The summed E-state index contributed by atoms with van der Waals surface area (Å²) >= 11 is 7.21. The molecule has 0 bridgehead atoms. The molecular weight excluding hydrogens is 398 g/mol. The second kappa shape index (κ2) is 9.38. The van der Waals surface area contributed by atoms with Crippen molar-refractivity contribution in [3.05, 3.63) is 59.1 Å². The number of aromatic hydroxyl groups is 1. The van der Waals surface area contributed by atoms with Crippen molar-refractivity contribution < 1.29 is 9.90 Å². The van der Waals surface area contributed by atoms with Crippen molar-refractivity contribution >= 4 is 35.5 Å². The molecule has 0 spiro atoms. The van der Waals surface area contributed by atoms with Gasteiger partial charge in [0.05, 0.1) is 12.0 Å². The number of amides is 1. The largest absolute Gasteiger partial charge is 0.507 e. The summed E-state index contributed by atoms with van der Waals surface area (Å²) < 4.78 is 1.94. The second-order valence-corrected chi connectivity index (χ2v) is 7.08. The van der Waals surface area contributed by atoms with Gasteiger partial charge in [-0.05, 0) is 43.3 Å². The van der Waals surface area contributed by atoms with Gasteiger partial charge < -0.3 is 9.67 Å². The number of rotatable bonds is 7. The van der Waals surface area contributed by atoms with Gasteiger partial charge in [0.15, 0.2) is 11.0 Å². The molecule has 0 radical (unpaired) electrons. The number of hydrogen-bond donors (Lipinski definition) is 2. The molecule has 0 saturated carbocycles. The number of phenols is 1. The minimum atomic E-state index is -0.282. The van der Waals surface area contributed by atoms with E-state index in [0.717, 1.165) is 11.4 Å². The van der Waals surface area contributed by atoms with Crippen LogP contribution in [0.3, 0.4) is 0 Å². The number of hydrogen-bond acceptors (Lipinski definition) is 6. The Morgan fingerprint density at radius 2 is 2.00 bits per heavy atom. The molecule has 0 aliphatic carbocycles. The summed E-state index contributed by atoms with van der Waals surface area (Å²) in [4.78, 5) is 12.0. The molecule has 1 heterocycles. The van der Waals surface area contributed by atoms with Gasteiger partial charge in [-0.1, -0.05) is 35.5 Å². The molecule has 0 unspecified atom stereocenters. The SMILES string of the molecule is CCn1c(SCC(=O)N/N=C\c2ccccc2O)nnc1-c1ccc(Cl)cc1. The molecule has 7 nitrogen and oxygen atoms in total. The molecule has 3 aromatic rings. The third kappa shape index (κ3) is 4.90. The Hall–Kier alpha value is -2.84. The number of carbonyl (C=O) groups is 1. The number of hydrazone groups is 1. The molecule has 144 valence electrons. The predicted molar refractivity (Wildman–Crippen MR) is 111 cm³/mol. The molecule has 0 atom stereocenters. The maximum Gasteiger partial charge on any atom is 0.250 e. The van der Waals surface area contributed by atoms with E-state index in [0.29, 0.717) is 22.3 Å². The van der Waals surface area contributed by atoms with Gasteiger partial charge in [-0.3, -0.25) is 4.79 Å². The number of nitrogens with zero attached hydrogens (tertiary/aromatic N) is 4. The molecule has 28 heavy (non-hydrogen) atoms. The Balaban J connectivity index is 1.60. The molecular formula is C19H18ClN5O2S. The Bertz CT molecular complexity index is 988. The lowest BCUT2D eigenvalue weighted by atomic mass is 10.2. The maximum atomic E-state index is 12.0. The first-order chi connectivity index (χ1) is 13.6. The summed E-state index contributed by atoms with van der Waals surface area (Å²) in [7, 11) is 0. The Morgan fingerprint density at radius 1 is 1.25 bits per heavy atom. The normalized spacial score (nSPS) is 11.1. The number of benzene rings is 2. The maximum absolute atomic E-state index is 12.0. The van der Waals surface area contributed by atoms with Gasteiger partial charge in [-0.25, -0.2) is 5.43 Å². The molecule has 2 N–H and O–H groups in total. The predicted octanol–water partition coefficient (Wildman–Crippen LogP) is 3.57. The zero-order valence-electron chi connectivity index (χ0n) is 15.0. The lowest BCUT2D eigenvalue weighted by molar-refractivity contribution is -0.118. The zero-order chi connectivity index (χ0) is 19.9. The number of aromatic nitrogens is 3. The molecule has 0 fully saturated rings. The van der Waals surface area contributed by atoms with Crippen LogP contribution in [0.2, 0.25) is 5.02 Å². The summed E-state index contributed by atoms with van der Waals surface area (Å²) in [5, 5.41) is 23.3. The summed E-state index contributed by atoms with van der Waals surface area (Å²) in [6, 6.07) is 14.1. The highest BCUT2D eigenvalue weighted by Gasteiger charge is 2.14. The van der Waals surface area contributed by atoms with Crippen molar-refractivity contribution in [3.63, 3.8) is 0 Å². The lowest BCUT2D eigenvalue weighted by Crippen LogP contribution is -2.20. The number of halogens is 1. The Kier molecular flexibility index (Phi) is 6.67. The highest BCUT2D eigenvalue weighted by molar-refractivity contribution is 7.99. The van der Waals surface area contributed by atoms with Crippen LogP contribution in [0.4, 0.5) is 0 Å². The number of nitrogens with one attached hydrogen (secondary N) is 1. The van der Waals surface area contributed by atoms with Gasteiger partial charge in [0.2, 0.25) is 0 Å². The second-order valence-electron chi connectivity index (χ2n) is 5.70. The molecule has 3 rings (SSSR count). The summed E-state index contributed by atoms with van der Waals surface area (Å²) in [6.45, 7) is 2.66. The zero-order valence-corrected chi connectivity index (χ0v) is 16.6. The first-order valence-electron chi connectivity index (χ1n) is 8.50. The standard InChI is InChI=1S/C19H18ClN5O2S/c1-2-25-18(13-7-9-15(20)10-8-13)23-24-19(25)28-12-17(27)22-21-11-14-5-3-4-6-16(14)26/h3-11,26H,2,12H2,1H3,(H,22,27)/b21-11-. The third-order valence-electron chi connectivity index (χ3n) is 3.80. The number of carbonyl (C=O) groups excluding carboxylic acids is 1. The van der Waals surface area contributed by atoms with Gasteiger partial charge in [-0.2, -0.15) is 5.10 Å². The molecule has 0 saturated heterocycles. The fourth-order valence-electron chi connectivity index (χ4n) is 2.43. The fraction of sp³-hybridized carbons (Fsp3) is 0.158. The summed E-state index contributed by atoms with van der Waals surface area (Å²) in [5.41, 5.74) is 3.86. The lowest BCUT2D eigenvalue weighted by Gasteiger charge is -2.07. The highest BCUT2D eigenvalue weighted by atomic mass is 35.5. The quantitative estimate of drug-likeness (QED) is 0.349. The van der Waals surface area contributed by atoms with Gasteiger partial charge in [0, 0.05) is 22.7 Å². The topological polar surface area (TPSA) is 92.4 Å². The van der Waals surface area contributed by atoms with E-state index in [4.69, 9.17) is 11.6 Å². The molecule has 2 aromatic carbocycles. The average molecular weight is 416 g/mol. The molecule has 0 aliphatic heterocycles. The van der Waals surface area contributed by atoms with Crippen LogP contribution in [0.25, 0.3) is 11.4 Å². The van der Waals surface area contributed by atoms with Gasteiger partial charge in [0.25, 0.3) is 5.91 Å². The molecule has 1 aromatic heterocycles. The van der Waals surface area contributed by atoms with Crippen LogP contribution in [0.15, 0.2) is 58.8 Å². The van der Waals surface area contributed by atoms with Crippen molar-refractivity contribution in [1.82, 2.24) is 20.2 Å². The third-order valence-corrected chi connectivity index (χ3v) is 5.02. The van der Waals surface area contributed by atoms with E-state index in [1.807, 2.05) is 23.6 Å². The van der Waals surface area contributed by atoms with Crippen molar-refractivity contribution in [3.8, 4) is 17.1 Å². The molecule has 0 aliphatic rings.